The first-order valence-electron chi connectivity index (χ1n) is 9.26. The number of aromatic nitrogens is 2. The maximum Gasteiger partial charge on any atom is 0.417 e. The molecule has 2 N–H and O–H groups in total. The van der Waals surface area contributed by atoms with Gasteiger partial charge in [0.1, 0.15) is 5.69 Å². The average Bonchev–Trinajstić information content (AvgIpc) is 2.67. The molecule has 150 valence electrons. The Bertz CT molecular complexity index is 1170. The summed E-state index contributed by atoms with van der Waals surface area (Å²) < 4.78 is 39.0. The Labute approximate surface area is 164 Å². The molecule has 2 heterocycles. The molecule has 0 saturated carbocycles. The molecular formula is C21H18F3N3O2. The van der Waals surface area contributed by atoms with Gasteiger partial charge in [-0.25, -0.2) is 0 Å². The zero-order valence-corrected chi connectivity index (χ0v) is 15.6. The minimum Gasteiger partial charge on any atom is -0.327 e. The summed E-state index contributed by atoms with van der Waals surface area (Å²) in [6, 6.07) is 7.78. The van der Waals surface area contributed by atoms with Crippen LogP contribution in [0.5, 0.6) is 0 Å². The van der Waals surface area contributed by atoms with Crippen LogP contribution in [-0.4, -0.2) is 15.9 Å². The van der Waals surface area contributed by atoms with Gasteiger partial charge in [-0.15, -0.1) is 0 Å². The summed E-state index contributed by atoms with van der Waals surface area (Å²) in [6.45, 7) is 2.08. The number of para-hydroxylation sites is 1. The van der Waals surface area contributed by atoms with Crippen molar-refractivity contribution < 1.29 is 18.0 Å². The molecule has 4 rings (SSSR count). The molecule has 0 bridgehead atoms. The first-order chi connectivity index (χ1) is 13.7. The summed E-state index contributed by atoms with van der Waals surface area (Å²) in [7, 11) is 0. The number of H-pyrrole nitrogens is 1. The Morgan fingerprint density at radius 1 is 1.28 bits per heavy atom. The first-order valence-corrected chi connectivity index (χ1v) is 9.26. The number of aromatic amines is 1. The number of anilines is 1. The van der Waals surface area contributed by atoms with Crippen LogP contribution in [0.4, 0.5) is 18.9 Å². The van der Waals surface area contributed by atoms with E-state index in [1.54, 1.807) is 18.2 Å². The Morgan fingerprint density at radius 3 is 2.79 bits per heavy atom. The van der Waals surface area contributed by atoms with Crippen molar-refractivity contribution in [1.82, 2.24) is 9.97 Å². The summed E-state index contributed by atoms with van der Waals surface area (Å²) in [5, 5.41) is 3.00. The van der Waals surface area contributed by atoms with Gasteiger partial charge in [0, 0.05) is 17.3 Å². The van der Waals surface area contributed by atoms with Crippen molar-refractivity contribution in [2.45, 2.75) is 32.4 Å². The van der Waals surface area contributed by atoms with Gasteiger partial charge in [0.25, 0.3) is 11.5 Å². The van der Waals surface area contributed by atoms with Crippen LogP contribution in [0.3, 0.4) is 0 Å². The van der Waals surface area contributed by atoms with Gasteiger partial charge in [0.05, 0.1) is 16.6 Å². The van der Waals surface area contributed by atoms with E-state index in [0.717, 1.165) is 24.1 Å². The number of pyridine rings is 2. The zero-order chi connectivity index (χ0) is 20.8. The van der Waals surface area contributed by atoms with Crippen LogP contribution in [0.2, 0.25) is 0 Å². The van der Waals surface area contributed by atoms with Crippen molar-refractivity contribution in [3.05, 3.63) is 69.3 Å². The number of halogens is 3. The van der Waals surface area contributed by atoms with E-state index in [2.05, 4.69) is 17.2 Å². The number of rotatable bonds is 2. The third-order valence-corrected chi connectivity index (χ3v) is 5.21. The quantitative estimate of drug-likeness (QED) is 0.672. The van der Waals surface area contributed by atoms with Gasteiger partial charge in [0.15, 0.2) is 0 Å². The van der Waals surface area contributed by atoms with Crippen LogP contribution in [0.15, 0.2) is 41.3 Å². The predicted molar refractivity (Wildman–Crippen MR) is 103 cm³/mol. The van der Waals surface area contributed by atoms with Crippen LogP contribution < -0.4 is 10.9 Å². The van der Waals surface area contributed by atoms with Crippen molar-refractivity contribution in [3.63, 3.8) is 0 Å². The number of benzene rings is 1. The highest BCUT2D eigenvalue weighted by Gasteiger charge is 2.32. The molecule has 5 nitrogen and oxygen atoms in total. The maximum absolute atomic E-state index is 13.1. The standard InChI is InChI=1S/C21H18F3N3O2/c1-11-6-7-16-14(8-11)18(13-4-2-3-5-15(13)26-16)20(29)27-17-9-12(21(22,23)24)10-25-19(17)28/h2-5,9-11H,6-8H2,1H3,(H,25,28)(H,27,29). The number of alkyl halides is 3. The van der Waals surface area contributed by atoms with Crippen molar-refractivity contribution in [2.24, 2.45) is 5.92 Å². The number of fused-ring (bicyclic) bond motifs is 2. The van der Waals surface area contributed by atoms with E-state index in [1.165, 1.54) is 0 Å². The molecule has 29 heavy (non-hydrogen) atoms. The molecule has 0 radical (unpaired) electrons. The molecule has 0 spiro atoms. The average molecular weight is 401 g/mol. The second-order valence-electron chi connectivity index (χ2n) is 7.36. The minimum absolute atomic E-state index is 0.356. The molecule has 0 saturated heterocycles. The molecule has 1 aromatic carbocycles. The third kappa shape index (κ3) is 3.62. The van der Waals surface area contributed by atoms with E-state index in [9.17, 15) is 22.8 Å². The van der Waals surface area contributed by atoms with Crippen molar-refractivity contribution in [1.29, 1.82) is 0 Å². The summed E-state index contributed by atoms with van der Waals surface area (Å²) in [4.78, 5) is 31.9. The fourth-order valence-corrected chi connectivity index (χ4v) is 3.75. The molecule has 1 unspecified atom stereocenters. The second kappa shape index (κ2) is 7.02. The fourth-order valence-electron chi connectivity index (χ4n) is 3.75. The van der Waals surface area contributed by atoms with Gasteiger partial charge in [-0.05, 0) is 42.9 Å². The maximum atomic E-state index is 13.1. The van der Waals surface area contributed by atoms with Crippen LogP contribution >= 0.6 is 0 Å². The SMILES string of the molecule is CC1CCc2nc3ccccc3c(C(=O)Nc3cc(C(F)(F)F)c[nH]c3=O)c2C1. The van der Waals surface area contributed by atoms with E-state index in [-0.39, 0.29) is 0 Å². The largest absolute Gasteiger partial charge is 0.417 e. The third-order valence-electron chi connectivity index (χ3n) is 5.21. The molecule has 0 fully saturated rings. The number of amides is 1. The van der Waals surface area contributed by atoms with E-state index < -0.39 is 28.9 Å². The first kappa shape index (κ1) is 19.2. The van der Waals surface area contributed by atoms with Crippen molar-refractivity contribution >= 4 is 22.5 Å². The number of aryl methyl sites for hydroxylation is 1. The number of hydrogen-bond acceptors (Lipinski definition) is 3. The molecule has 2 aromatic heterocycles. The molecule has 3 aromatic rings. The predicted octanol–water partition coefficient (Wildman–Crippen LogP) is 4.32. The number of carbonyl (C=O) groups is 1. The smallest absolute Gasteiger partial charge is 0.327 e. The van der Waals surface area contributed by atoms with E-state index in [1.807, 2.05) is 11.1 Å². The number of carbonyl (C=O) groups excluding carboxylic acids is 1. The summed E-state index contributed by atoms with van der Waals surface area (Å²) in [6.07, 6.45) is -1.72. The minimum atomic E-state index is -4.64. The summed E-state index contributed by atoms with van der Waals surface area (Å²) in [5.41, 5.74) is 0.351. The van der Waals surface area contributed by atoms with Crippen molar-refractivity contribution in [3.8, 4) is 0 Å². The lowest BCUT2D eigenvalue weighted by molar-refractivity contribution is -0.137. The fraction of sp³-hybridized carbons (Fsp3) is 0.286. The normalized spacial score (nSPS) is 16.5. The second-order valence-corrected chi connectivity index (χ2v) is 7.36. The highest BCUT2D eigenvalue weighted by atomic mass is 19.4. The molecule has 1 aliphatic carbocycles. The van der Waals surface area contributed by atoms with Gasteiger partial charge in [0.2, 0.25) is 0 Å². The van der Waals surface area contributed by atoms with E-state index in [0.29, 0.717) is 41.1 Å². The summed E-state index contributed by atoms with van der Waals surface area (Å²) >= 11 is 0. The Kier molecular flexibility index (Phi) is 4.64. The lowest BCUT2D eigenvalue weighted by atomic mass is 9.84. The molecule has 1 amide bonds. The van der Waals surface area contributed by atoms with Gasteiger partial charge >= 0.3 is 6.18 Å². The molecule has 1 atom stereocenters. The Morgan fingerprint density at radius 2 is 2.03 bits per heavy atom. The van der Waals surface area contributed by atoms with Crippen LogP contribution in [0.25, 0.3) is 10.9 Å². The Hall–Kier alpha value is -3.16. The van der Waals surface area contributed by atoms with Crippen LogP contribution in [-0.2, 0) is 19.0 Å². The number of nitrogens with one attached hydrogen (secondary N) is 2. The van der Waals surface area contributed by atoms with Crippen LogP contribution in [0.1, 0.15) is 40.5 Å². The highest BCUT2D eigenvalue weighted by Crippen LogP contribution is 2.32. The number of hydrogen-bond donors (Lipinski definition) is 2. The van der Waals surface area contributed by atoms with Gasteiger partial charge in [-0.2, -0.15) is 13.2 Å². The van der Waals surface area contributed by atoms with E-state index >= 15 is 0 Å². The van der Waals surface area contributed by atoms with Crippen LogP contribution in [0, 0.1) is 5.92 Å². The molecule has 8 heteroatoms. The molecular weight excluding hydrogens is 383 g/mol. The topological polar surface area (TPSA) is 74.8 Å². The van der Waals surface area contributed by atoms with Gasteiger partial charge in [-0.1, -0.05) is 25.1 Å². The monoisotopic (exact) mass is 401 g/mol. The van der Waals surface area contributed by atoms with Crippen molar-refractivity contribution in [2.75, 3.05) is 5.32 Å². The molecule has 1 aliphatic rings. The lowest BCUT2D eigenvalue weighted by Crippen LogP contribution is -2.25. The lowest BCUT2D eigenvalue weighted by Gasteiger charge is -2.24. The Balaban J connectivity index is 1.82. The number of nitrogens with zero attached hydrogens (tertiary/aromatic N) is 1. The molecule has 0 aliphatic heterocycles. The van der Waals surface area contributed by atoms with Gasteiger partial charge in [-0.3, -0.25) is 14.6 Å². The zero-order valence-electron chi connectivity index (χ0n) is 15.6. The summed E-state index contributed by atoms with van der Waals surface area (Å²) in [5.74, 6) is -0.257. The highest BCUT2D eigenvalue weighted by molar-refractivity contribution is 6.13. The van der Waals surface area contributed by atoms with E-state index in [4.69, 9.17) is 0 Å². The van der Waals surface area contributed by atoms with Gasteiger partial charge < -0.3 is 10.3 Å².